The molecule has 0 saturated heterocycles. The number of nitrogens with one attached hydrogen (secondary N) is 1. The Kier molecular flexibility index (Phi) is 5.49. The lowest BCUT2D eigenvalue weighted by atomic mass is 9.74. The van der Waals surface area contributed by atoms with E-state index < -0.39 is 0 Å². The molecule has 0 aliphatic heterocycles. The Balaban J connectivity index is 2.32. The van der Waals surface area contributed by atoms with Crippen LogP contribution >= 0.6 is 0 Å². The van der Waals surface area contributed by atoms with Crippen LogP contribution in [0.5, 0.6) is 0 Å². The van der Waals surface area contributed by atoms with Crippen LogP contribution in [0.2, 0.25) is 0 Å². The first-order valence-electron chi connectivity index (χ1n) is 7.87. The van der Waals surface area contributed by atoms with Gasteiger partial charge in [0.2, 0.25) is 0 Å². The van der Waals surface area contributed by atoms with Crippen LogP contribution in [0.3, 0.4) is 0 Å². The summed E-state index contributed by atoms with van der Waals surface area (Å²) in [6.07, 6.45) is 13.1. The predicted molar refractivity (Wildman–Crippen MR) is 82.6 cm³/mol. The van der Waals surface area contributed by atoms with Gasteiger partial charge in [0.25, 0.3) is 0 Å². The standard InChI is InChI=1S/C16H28N4/c1-4-10-19-15(14-13-17-11-12-18-14)16(20(2)3)8-6-5-7-9-16/h11-13,15,19H,4-10H2,1-3H3. The molecule has 1 aromatic heterocycles. The topological polar surface area (TPSA) is 41.1 Å². The second kappa shape index (κ2) is 7.14. The smallest absolute Gasteiger partial charge is 0.0775 e. The highest BCUT2D eigenvalue weighted by atomic mass is 15.2. The zero-order valence-electron chi connectivity index (χ0n) is 13.1. The van der Waals surface area contributed by atoms with Gasteiger partial charge in [0.15, 0.2) is 0 Å². The van der Waals surface area contributed by atoms with Gasteiger partial charge in [-0.1, -0.05) is 26.2 Å². The maximum absolute atomic E-state index is 4.58. The van der Waals surface area contributed by atoms with Crippen LogP contribution in [0, 0.1) is 0 Å². The third-order valence-electron chi connectivity index (χ3n) is 4.62. The first kappa shape index (κ1) is 15.4. The molecule has 1 aliphatic rings. The molecule has 2 rings (SSSR count). The van der Waals surface area contributed by atoms with Crippen molar-refractivity contribution in [1.29, 1.82) is 0 Å². The van der Waals surface area contributed by atoms with Crippen LogP contribution in [-0.4, -0.2) is 41.0 Å². The molecule has 0 aromatic carbocycles. The average Bonchev–Trinajstić information content (AvgIpc) is 2.49. The van der Waals surface area contributed by atoms with Gasteiger partial charge in [-0.15, -0.1) is 0 Å². The molecule has 1 aromatic rings. The van der Waals surface area contributed by atoms with Crippen LogP contribution in [0.15, 0.2) is 18.6 Å². The largest absolute Gasteiger partial charge is 0.307 e. The van der Waals surface area contributed by atoms with Crippen molar-refractivity contribution in [3.63, 3.8) is 0 Å². The monoisotopic (exact) mass is 276 g/mol. The van der Waals surface area contributed by atoms with Gasteiger partial charge in [-0.05, 0) is 39.9 Å². The Morgan fingerprint density at radius 2 is 2.00 bits per heavy atom. The summed E-state index contributed by atoms with van der Waals surface area (Å²) in [6.45, 7) is 3.24. The lowest BCUT2D eigenvalue weighted by molar-refractivity contribution is 0.0547. The van der Waals surface area contributed by atoms with Gasteiger partial charge in [0, 0.05) is 17.9 Å². The molecular weight excluding hydrogens is 248 g/mol. The number of aromatic nitrogens is 2. The van der Waals surface area contributed by atoms with E-state index in [0.29, 0.717) is 0 Å². The second-order valence-electron chi connectivity index (χ2n) is 6.08. The van der Waals surface area contributed by atoms with Gasteiger partial charge in [-0.3, -0.25) is 9.97 Å². The Morgan fingerprint density at radius 1 is 1.25 bits per heavy atom. The van der Waals surface area contributed by atoms with Gasteiger partial charge in [-0.25, -0.2) is 0 Å². The van der Waals surface area contributed by atoms with Crippen molar-refractivity contribution >= 4 is 0 Å². The Hall–Kier alpha value is -1.00. The summed E-state index contributed by atoms with van der Waals surface area (Å²) in [5.41, 5.74) is 1.25. The number of rotatable bonds is 6. The van der Waals surface area contributed by atoms with Crippen molar-refractivity contribution in [1.82, 2.24) is 20.2 Å². The maximum atomic E-state index is 4.58. The average molecular weight is 276 g/mol. The molecule has 1 aliphatic carbocycles. The molecule has 0 spiro atoms. The van der Waals surface area contributed by atoms with Crippen molar-refractivity contribution < 1.29 is 0 Å². The Morgan fingerprint density at radius 3 is 2.55 bits per heavy atom. The van der Waals surface area contributed by atoms with E-state index in [1.54, 1.807) is 6.20 Å². The first-order valence-corrected chi connectivity index (χ1v) is 7.87. The second-order valence-corrected chi connectivity index (χ2v) is 6.08. The summed E-state index contributed by atoms with van der Waals surface area (Å²) < 4.78 is 0. The third kappa shape index (κ3) is 3.18. The number of hydrogen-bond donors (Lipinski definition) is 1. The van der Waals surface area contributed by atoms with Gasteiger partial charge in [0.1, 0.15) is 0 Å². The minimum Gasteiger partial charge on any atom is -0.307 e. The van der Waals surface area contributed by atoms with E-state index in [4.69, 9.17) is 0 Å². The highest BCUT2D eigenvalue weighted by Gasteiger charge is 2.42. The molecule has 0 bridgehead atoms. The summed E-state index contributed by atoms with van der Waals surface area (Å²) in [4.78, 5) is 11.3. The molecule has 1 heterocycles. The number of likely N-dealkylation sites (N-methyl/N-ethyl adjacent to an activating group) is 1. The molecular formula is C16H28N4. The van der Waals surface area contributed by atoms with E-state index in [1.807, 2.05) is 12.4 Å². The Labute approximate surface area is 123 Å². The lowest BCUT2D eigenvalue weighted by Crippen LogP contribution is -2.55. The molecule has 4 heteroatoms. The zero-order chi connectivity index (χ0) is 14.4. The van der Waals surface area contributed by atoms with Gasteiger partial charge < -0.3 is 10.2 Å². The molecule has 1 N–H and O–H groups in total. The van der Waals surface area contributed by atoms with Crippen LogP contribution < -0.4 is 5.32 Å². The first-order chi connectivity index (χ1) is 9.70. The maximum Gasteiger partial charge on any atom is 0.0775 e. The minimum absolute atomic E-state index is 0.170. The van der Waals surface area contributed by atoms with Gasteiger partial charge in [-0.2, -0.15) is 0 Å². The molecule has 1 atom stereocenters. The third-order valence-corrected chi connectivity index (χ3v) is 4.62. The summed E-state index contributed by atoms with van der Waals surface area (Å²) in [5.74, 6) is 0. The molecule has 112 valence electrons. The molecule has 1 saturated carbocycles. The summed E-state index contributed by atoms with van der Waals surface area (Å²) in [6, 6.07) is 0.270. The van der Waals surface area contributed by atoms with Crippen LogP contribution in [0.1, 0.15) is 57.2 Å². The highest BCUT2D eigenvalue weighted by molar-refractivity contribution is 5.13. The van der Waals surface area contributed by atoms with E-state index >= 15 is 0 Å². The van der Waals surface area contributed by atoms with Gasteiger partial charge in [0.05, 0.1) is 17.9 Å². The summed E-state index contributed by atoms with van der Waals surface area (Å²) in [7, 11) is 4.42. The highest BCUT2D eigenvalue weighted by Crippen LogP contribution is 2.41. The fourth-order valence-electron chi connectivity index (χ4n) is 3.48. The van der Waals surface area contributed by atoms with E-state index in [-0.39, 0.29) is 11.6 Å². The Bertz CT molecular complexity index is 385. The molecule has 0 amide bonds. The van der Waals surface area contributed by atoms with E-state index in [9.17, 15) is 0 Å². The molecule has 4 nitrogen and oxygen atoms in total. The minimum atomic E-state index is 0.170. The fourth-order valence-corrected chi connectivity index (χ4v) is 3.48. The molecule has 0 radical (unpaired) electrons. The lowest BCUT2D eigenvalue weighted by Gasteiger charge is -2.48. The SMILES string of the molecule is CCCNC(c1cnccn1)C1(N(C)C)CCCCC1. The zero-order valence-corrected chi connectivity index (χ0v) is 13.1. The summed E-state index contributed by atoms with van der Waals surface area (Å²) >= 11 is 0. The predicted octanol–water partition coefficient (Wildman–Crippen LogP) is 2.78. The van der Waals surface area contributed by atoms with E-state index in [0.717, 1.165) is 18.7 Å². The van der Waals surface area contributed by atoms with E-state index in [2.05, 4.69) is 41.2 Å². The normalized spacial score (nSPS) is 20.0. The van der Waals surface area contributed by atoms with Crippen molar-refractivity contribution in [2.24, 2.45) is 0 Å². The number of hydrogen-bond acceptors (Lipinski definition) is 4. The van der Waals surface area contributed by atoms with Crippen molar-refractivity contribution in [2.45, 2.75) is 57.0 Å². The van der Waals surface area contributed by atoms with Gasteiger partial charge >= 0.3 is 0 Å². The number of nitrogens with zero attached hydrogens (tertiary/aromatic N) is 3. The summed E-state index contributed by atoms with van der Waals surface area (Å²) in [5, 5.41) is 3.73. The van der Waals surface area contributed by atoms with Crippen LogP contribution in [0.4, 0.5) is 0 Å². The van der Waals surface area contributed by atoms with Crippen LogP contribution in [0.25, 0.3) is 0 Å². The van der Waals surface area contributed by atoms with Crippen molar-refractivity contribution in [3.05, 3.63) is 24.3 Å². The van der Waals surface area contributed by atoms with E-state index in [1.165, 1.54) is 32.1 Å². The van der Waals surface area contributed by atoms with Crippen LogP contribution in [-0.2, 0) is 0 Å². The molecule has 1 unspecified atom stereocenters. The van der Waals surface area contributed by atoms with Crippen molar-refractivity contribution in [2.75, 3.05) is 20.6 Å². The van der Waals surface area contributed by atoms with Crippen molar-refractivity contribution in [3.8, 4) is 0 Å². The molecule has 20 heavy (non-hydrogen) atoms. The molecule has 1 fully saturated rings. The quantitative estimate of drug-likeness (QED) is 0.867. The fraction of sp³-hybridized carbons (Fsp3) is 0.750.